The minimum atomic E-state index is -0.222. The number of hydrogen-bond donors (Lipinski definition) is 1. The molecule has 1 aromatic carbocycles. The number of nitrogens with two attached hydrogens (primary N) is 1. The van der Waals surface area contributed by atoms with E-state index in [4.69, 9.17) is 10.5 Å². The molecule has 3 atom stereocenters. The summed E-state index contributed by atoms with van der Waals surface area (Å²) in [6.45, 7) is 7.01. The minimum Gasteiger partial charge on any atom is -0.377 e. The summed E-state index contributed by atoms with van der Waals surface area (Å²) >= 11 is 0. The van der Waals surface area contributed by atoms with E-state index in [9.17, 15) is 4.39 Å². The van der Waals surface area contributed by atoms with E-state index in [0.29, 0.717) is 6.10 Å². The SMILES string of the molecule is CCN(CC1CCCO1)C(C)C(N)c1ccc(F)cc1. The van der Waals surface area contributed by atoms with Gasteiger partial charge in [-0.3, -0.25) is 4.90 Å². The van der Waals surface area contributed by atoms with Gasteiger partial charge in [-0.1, -0.05) is 19.1 Å². The Kier molecular flexibility index (Phi) is 5.52. The number of nitrogens with zero attached hydrogens (tertiary/aromatic N) is 1. The standard InChI is InChI=1S/C16H25FN2O/c1-3-19(11-15-5-4-10-20-15)12(2)16(18)13-6-8-14(17)9-7-13/h6-9,12,15-16H,3-5,10-11,18H2,1-2H3. The van der Waals surface area contributed by atoms with E-state index in [2.05, 4.69) is 18.7 Å². The molecule has 1 saturated heterocycles. The molecule has 1 heterocycles. The van der Waals surface area contributed by atoms with Crippen LogP contribution < -0.4 is 5.73 Å². The lowest BCUT2D eigenvalue weighted by atomic mass is 9.99. The van der Waals surface area contributed by atoms with E-state index in [1.54, 1.807) is 12.1 Å². The lowest BCUT2D eigenvalue weighted by molar-refractivity contribution is 0.0573. The monoisotopic (exact) mass is 280 g/mol. The van der Waals surface area contributed by atoms with E-state index in [0.717, 1.165) is 38.1 Å². The fourth-order valence-corrected chi connectivity index (χ4v) is 2.82. The number of hydrogen-bond acceptors (Lipinski definition) is 3. The molecule has 1 aliphatic rings. The molecule has 20 heavy (non-hydrogen) atoms. The average molecular weight is 280 g/mol. The quantitative estimate of drug-likeness (QED) is 0.870. The van der Waals surface area contributed by atoms with Gasteiger partial charge in [0.05, 0.1) is 6.10 Å². The maximum absolute atomic E-state index is 13.0. The van der Waals surface area contributed by atoms with Crippen LogP contribution in [0.15, 0.2) is 24.3 Å². The van der Waals surface area contributed by atoms with E-state index in [-0.39, 0.29) is 17.9 Å². The van der Waals surface area contributed by atoms with Gasteiger partial charge in [-0.25, -0.2) is 4.39 Å². The molecule has 2 rings (SSSR count). The van der Waals surface area contributed by atoms with Gasteiger partial charge in [-0.2, -0.15) is 0 Å². The lowest BCUT2D eigenvalue weighted by Gasteiger charge is -2.33. The van der Waals surface area contributed by atoms with Crippen molar-refractivity contribution in [1.29, 1.82) is 0 Å². The highest BCUT2D eigenvalue weighted by Crippen LogP contribution is 2.21. The molecule has 1 fully saturated rings. The zero-order valence-electron chi connectivity index (χ0n) is 12.4. The Morgan fingerprint density at radius 2 is 2.10 bits per heavy atom. The fourth-order valence-electron chi connectivity index (χ4n) is 2.82. The van der Waals surface area contributed by atoms with Crippen LogP contribution >= 0.6 is 0 Å². The van der Waals surface area contributed by atoms with Crippen molar-refractivity contribution in [3.63, 3.8) is 0 Å². The fraction of sp³-hybridized carbons (Fsp3) is 0.625. The first-order chi connectivity index (χ1) is 9.61. The van der Waals surface area contributed by atoms with Crippen molar-refractivity contribution in [3.05, 3.63) is 35.6 Å². The third-order valence-electron chi connectivity index (χ3n) is 4.22. The molecule has 0 radical (unpaired) electrons. The third kappa shape index (κ3) is 3.78. The summed E-state index contributed by atoms with van der Waals surface area (Å²) in [5.41, 5.74) is 7.31. The first-order valence-corrected chi connectivity index (χ1v) is 7.48. The van der Waals surface area contributed by atoms with Gasteiger partial charge in [0, 0.05) is 25.2 Å². The van der Waals surface area contributed by atoms with Crippen LogP contribution in [0.25, 0.3) is 0 Å². The molecule has 0 aliphatic carbocycles. The van der Waals surface area contributed by atoms with Crippen LogP contribution in [-0.4, -0.2) is 36.7 Å². The summed E-state index contributed by atoms with van der Waals surface area (Å²) in [4.78, 5) is 2.35. The largest absolute Gasteiger partial charge is 0.377 e. The molecule has 0 aromatic heterocycles. The Morgan fingerprint density at radius 1 is 1.40 bits per heavy atom. The lowest BCUT2D eigenvalue weighted by Crippen LogP contribution is -2.44. The van der Waals surface area contributed by atoms with Crippen LogP contribution in [0.3, 0.4) is 0 Å². The van der Waals surface area contributed by atoms with E-state index < -0.39 is 0 Å². The molecule has 0 amide bonds. The molecule has 1 aromatic rings. The molecule has 0 saturated carbocycles. The van der Waals surface area contributed by atoms with Gasteiger partial charge >= 0.3 is 0 Å². The van der Waals surface area contributed by atoms with Crippen LogP contribution in [0.4, 0.5) is 4.39 Å². The number of likely N-dealkylation sites (N-methyl/N-ethyl adjacent to an activating group) is 1. The Balaban J connectivity index is 1.99. The molecule has 3 unspecified atom stereocenters. The van der Waals surface area contributed by atoms with Crippen molar-refractivity contribution in [3.8, 4) is 0 Å². The molecule has 2 N–H and O–H groups in total. The van der Waals surface area contributed by atoms with Crippen molar-refractivity contribution < 1.29 is 9.13 Å². The molecule has 1 aliphatic heterocycles. The zero-order chi connectivity index (χ0) is 14.5. The molecule has 3 nitrogen and oxygen atoms in total. The van der Waals surface area contributed by atoms with Crippen LogP contribution in [0.1, 0.15) is 38.3 Å². The Bertz CT molecular complexity index is 403. The Morgan fingerprint density at radius 3 is 2.65 bits per heavy atom. The molecule has 0 spiro atoms. The zero-order valence-corrected chi connectivity index (χ0v) is 12.4. The van der Waals surface area contributed by atoms with Crippen molar-refractivity contribution in [2.75, 3.05) is 19.7 Å². The first kappa shape index (κ1) is 15.4. The number of ether oxygens (including phenoxy) is 1. The van der Waals surface area contributed by atoms with Crippen molar-refractivity contribution in [2.45, 2.75) is 44.9 Å². The van der Waals surface area contributed by atoms with E-state index in [1.165, 1.54) is 12.1 Å². The van der Waals surface area contributed by atoms with Gasteiger partial charge in [0.25, 0.3) is 0 Å². The smallest absolute Gasteiger partial charge is 0.123 e. The van der Waals surface area contributed by atoms with Gasteiger partial charge in [0.1, 0.15) is 5.82 Å². The predicted octanol–water partition coefficient (Wildman–Crippen LogP) is 2.71. The van der Waals surface area contributed by atoms with Gasteiger partial charge in [0.15, 0.2) is 0 Å². The highest BCUT2D eigenvalue weighted by Gasteiger charge is 2.25. The Labute approximate surface area is 120 Å². The summed E-state index contributed by atoms with van der Waals surface area (Å²) in [5.74, 6) is -0.222. The highest BCUT2D eigenvalue weighted by atomic mass is 19.1. The van der Waals surface area contributed by atoms with Gasteiger partial charge < -0.3 is 10.5 Å². The van der Waals surface area contributed by atoms with Gasteiger partial charge in [0.2, 0.25) is 0 Å². The highest BCUT2D eigenvalue weighted by molar-refractivity contribution is 5.21. The summed E-state index contributed by atoms with van der Waals surface area (Å²) in [5, 5.41) is 0. The summed E-state index contributed by atoms with van der Waals surface area (Å²) < 4.78 is 18.7. The van der Waals surface area contributed by atoms with Gasteiger partial charge in [-0.05, 0) is 44.0 Å². The minimum absolute atomic E-state index is 0.114. The van der Waals surface area contributed by atoms with Crippen molar-refractivity contribution in [2.24, 2.45) is 5.73 Å². The second kappa shape index (κ2) is 7.16. The van der Waals surface area contributed by atoms with Crippen molar-refractivity contribution in [1.82, 2.24) is 4.90 Å². The summed E-state index contributed by atoms with van der Waals surface area (Å²) in [6, 6.07) is 6.58. The second-order valence-electron chi connectivity index (χ2n) is 5.54. The van der Waals surface area contributed by atoms with E-state index >= 15 is 0 Å². The number of rotatable bonds is 6. The van der Waals surface area contributed by atoms with Gasteiger partial charge in [-0.15, -0.1) is 0 Å². The molecule has 112 valence electrons. The summed E-state index contributed by atoms with van der Waals surface area (Å²) in [7, 11) is 0. The maximum atomic E-state index is 13.0. The number of halogens is 1. The number of benzene rings is 1. The van der Waals surface area contributed by atoms with E-state index in [1.807, 2.05) is 0 Å². The molecule has 0 bridgehead atoms. The summed E-state index contributed by atoms with van der Waals surface area (Å²) in [6.07, 6.45) is 2.62. The van der Waals surface area contributed by atoms with Crippen LogP contribution in [0.5, 0.6) is 0 Å². The molecule has 4 heteroatoms. The first-order valence-electron chi connectivity index (χ1n) is 7.48. The topological polar surface area (TPSA) is 38.5 Å². The second-order valence-corrected chi connectivity index (χ2v) is 5.54. The van der Waals surface area contributed by atoms with Crippen LogP contribution in [0.2, 0.25) is 0 Å². The average Bonchev–Trinajstić information content (AvgIpc) is 2.97. The maximum Gasteiger partial charge on any atom is 0.123 e. The molecular formula is C16H25FN2O. The van der Waals surface area contributed by atoms with Crippen molar-refractivity contribution >= 4 is 0 Å². The molecular weight excluding hydrogens is 255 g/mol. The van der Waals surface area contributed by atoms with Crippen LogP contribution in [0, 0.1) is 5.82 Å². The normalized spacial score (nSPS) is 22.1. The predicted molar refractivity (Wildman–Crippen MR) is 79.0 cm³/mol. The Hall–Kier alpha value is -0.970. The third-order valence-corrected chi connectivity index (χ3v) is 4.22. The van der Waals surface area contributed by atoms with Crippen LogP contribution in [-0.2, 0) is 4.74 Å².